The van der Waals surface area contributed by atoms with E-state index in [0.717, 1.165) is 6.54 Å². The third-order valence-corrected chi connectivity index (χ3v) is 3.37. The molecule has 4 heteroatoms. The summed E-state index contributed by atoms with van der Waals surface area (Å²) < 4.78 is 0. The molecule has 0 atom stereocenters. The van der Waals surface area contributed by atoms with Crippen molar-refractivity contribution < 1.29 is 0 Å². The van der Waals surface area contributed by atoms with Gasteiger partial charge in [-0.25, -0.2) is 0 Å². The van der Waals surface area contributed by atoms with Crippen molar-refractivity contribution in [1.82, 2.24) is 15.2 Å². The summed E-state index contributed by atoms with van der Waals surface area (Å²) in [5.74, 6) is 0. The maximum Gasteiger partial charge on any atom is 0.247 e. The second-order valence-electron chi connectivity index (χ2n) is 4.81. The molecular formula is C11H15N3O. The molecule has 0 aliphatic carbocycles. The van der Waals surface area contributed by atoms with Gasteiger partial charge in [-0.05, 0) is 5.56 Å². The van der Waals surface area contributed by atoms with Crippen LogP contribution in [-0.2, 0) is 6.54 Å². The van der Waals surface area contributed by atoms with Crippen LogP contribution in [0.15, 0.2) is 23.1 Å². The molecule has 1 aromatic heterocycles. The van der Waals surface area contributed by atoms with Gasteiger partial charge in [0.15, 0.2) is 0 Å². The standard InChI is InChI=1S/C11H15N3O/c15-10-2-1-9(3-13-10)4-14-7-11(8-14)5-12-6-11/h1-3,12H,4-8H2,(H,13,15). The number of hydrogen-bond donors (Lipinski definition) is 2. The van der Waals surface area contributed by atoms with Crippen molar-refractivity contribution in [2.75, 3.05) is 26.2 Å². The highest BCUT2D eigenvalue weighted by atomic mass is 16.1. The average molecular weight is 205 g/mol. The van der Waals surface area contributed by atoms with E-state index in [9.17, 15) is 4.79 Å². The molecule has 2 N–H and O–H groups in total. The Hall–Kier alpha value is -1.13. The van der Waals surface area contributed by atoms with Crippen molar-refractivity contribution in [3.63, 3.8) is 0 Å². The Morgan fingerprint density at radius 1 is 1.33 bits per heavy atom. The van der Waals surface area contributed by atoms with Crippen LogP contribution in [0.3, 0.4) is 0 Å². The summed E-state index contributed by atoms with van der Waals surface area (Å²) in [5.41, 5.74) is 1.75. The number of aromatic nitrogens is 1. The minimum absolute atomic E-state index is 0.0259. The number of rotatable bonds is 2. The Kier molecular flexibility index (Phi) is 1.94. The lowest BCUT2D eigenvalue weighted by Crippen LogP contribution is -2.70. The van der Waals surface area contributed by atoms with Crippen molar-refractivity contribution in [3.05, 3.63) is 34.2 Å². The smallest absolute Gasteiger partial charge is 0.247 e. The van der Waals surface area contributed by atoms with Crippen LogP contribution in [0, 0.1) is 5.41 Å². The van der Waals surface area contributed by atoms with Gasteiger partial charge in [-0.2, -0.15) is 0 Å². The molecular weight excluding hydrogens is 190 g/mol. The minimum atomic E-state index is -0.0259. The van der Waals surface area contributed by atoms with Gasteiger partial charge in [0, 0.05) is 50.4 Å². The third-order valence-electron chi connectivity index (χ3n) is 3.37. The second kappa shape index (κ2) is 3.18. The maximum absolute atomic E-state index is 10.9. The highest BCUT2D eigenvalue weighted by molar-refractivity contribution is 5.11. The van der Waals surface area contributed by atoms with E-state index in [1.807, 2.05) is 12.3 Å². The van der Waals surface area contributed by atoms with Gasteiger partial charge in [-0.3, -0.25) is 9.69 Å². The molecule has 2 aliphatic rings. The molecule has 0 unspecified atom stereocenters. The highest BCUT2D eigenvalue weighted by Gasteiger charge is 2.46. The quantitative estimate of drug-likeness (QED) is 0.702. The van der Waals surface area contributed by atoms with Crippen LogP contribution in [0.25, 0.3) is 0 Å². The van der Waals surface area contributed by atoms with Crippen molar-refractivity contribution in [1.29, 1.82) is 0 Å². The van der Waals surface area contributed by atoms with E-state index in [1.54, 1.807) is 6.07 Å². The van der Waals surface area contributed by atoms with Gasteiger partial charge in [0.05, 0.1) is 0 Å². The van der Waals surface area contributed by atoms with E-state index in [4.69, 9.17) is 0 Å². The van der Waals surface area contributed by atoms with Gasteiger partial charge in [-0.1, -0.05) is 6.07 Å². The first-order valence-corrected chi connectivity index (χ1v) is 5.37. The first-order chi connectivity index (χ1) is 7.26. The molecule has 0 saturated carbocycles. The molecule has 0 aromatic carbocycles. The van der Waals surface area contributed by atoms with Crippen molar-refractivity contribution in [3.8, 4) is 0 Å². The normalized spacial score (nSPS) is 23.5. The Bertz CT molecular complexity index is 394. The fraction of sp³-hybridized carbons (Fsp3) is 0.545. The predicted molar refractivity (Wildman–Crippen MR) is 57.6 cm³/mol. The van der Waals surface area contributed by atoms with Crippen LogP contribution in [0.1, 0.15) is 5.56 Å². The third kappa shape index (κ3) is 1.60. The zero-order valence-electron chi connectivity index (χ0n) is 8.62. The number of hydrogen-bond acceptors (Lipinski definition) is 3. The fourth-order valence-electron chi connectivity index (χ4n) is 2.52. The lowest BCUT2D eigenvalue weighted by molar-refractivity contribution is -0.0445. The molecule has 3 rings (SSSR count). The topological polar surface area (TPSA) is 48.1 Å². The number of aromatic amines is 1. The van der Waals surface area contributed by atoms with E-state index >= 15 is 0 Å². The first-order valence-electron chi connectivity index (χ1n) is 5.37. The monoisotopic (exact) mass is 205 g/mol. The number of nitrogens with zero attached hydrogens (tertiary/aromatic N) is 1. The summed E-state index contributed by atoms with van der Waals surface area (Å²) in [6.45, 7) is 5.70. The Morgan fingerprint density at radius 2 is 2.13 bits per heavy atom. The molecule has 1 spiro atoms. The van der Waals surface area contributed by atoms with Crippen molar-refractivity contribution in [2.45, 2.75) is 6.54 Å². The zero-order valence-corrected chi connectivity index (χ0v) is 8.62. The van der Waals surface area contributed by atoms with Gasteiger partial charge in [0.2, 0.25) is 5.56 Å². The lowest BCUT2D eigenvalue weighted by atomic mass is 9.74. The SMILES string of the molecule is O=c1ccc(CN2CC3(CNC3)C2)c[nH]1. The van der Waals surface area contributed by atoms with Crippen molar-refractivity contribution in [2.24, 2.45) is 5.41 Å². The molecule has 0 bridgehead atoms. The largest absolute Gasteiger partial charge is 0.329 e. The fourth-order valence-corrected chi connectivity index (χ4v) is 2.52. The Morgan fingerprint density at radius 3 is 2.67 bits per heavy atom. The molecule has 15 heavy (non-hydrogen) atoms. The molecule has 4 nitrogen and oxygen atoms in total. The van der Waals surface area contributed by atoms with E-state index in [-0.39, 0.29) is 5.56 Å². The van der Waals surface area contributed by atoms with E-state index in [0.29, 0.717) is 5.41 Å². The van der Waals surface area contributed by atoms with E-state index < -0.39 is 0 Å². The molecule has 80 valence electrons. The highest BCUT2D eigenvalue weighted by Crippen LogP contribution is 2.34. The zero-order chi connectivity index (χ0) is 10.3. The number of H-pyrrole nitrogens is 1. The van der Waals surface area contributed by atoms with Gasteiger partial charge >= 0.3 is 0 Å². The Labute approximate surface area is 88.3 Å². The van der Waals surface area contributed by atoms with Crippen molar-refractivity contribution >= 4 is 0 Å². The molecule has 2 fully saturated rings. The van der Waals surface area contributed by atoms with Gasteiger partial charge in [0.25, 0.3) is 0 Å². The minimum Gasteiger partial charge on any atom is -0.329 e. The van der Waals surface area contributed by atoms with E-state index in [1.165, 1.54) is 31.7 Å². The van der Waals surface area contributed by atoms with Gasteiger partial charge < -0.3 is 10.3 Å². The summed E-state index contributed by atoms with van der Waals surface area (Å²) in [6, 6.07) is 3.50. The first kappa shape index (κ1) is 9.12. The number of nitrogens with one attached hydrogen (secondary N) is 2. The summed E-state index contributed by atoms with van der Waals surface area (Å²) in [7, 11) is 0. The Balaban J connectivity index is 1.58. The van der Waals surface area contributed by atoms with Crippen LogP contribution < -0.4 is 10.9 Å². The molecule has 3 heterocycles. The van der Waals surface area contributed by atoms with Crippen LogP contribution in [0.5, 0.6) is 0 Å². The maximum atomic E-state index is 10.9. The molecule has 2 saturated heterocycles. The predicted octanol–water partition coefficient (Wildman–Crippen LogP) is -0.220. The molecule has 1 aromatic rings. The van der Waals surface area contributed by atoms with Crippen LogP contribution in [0.2, 0.25) is 0 Å². The molecule has 0 radical (unpaired) electrons. The van der Waals surface area contributed by atoms with E-state index in [2.05, 4.69) is 15.2 Å². The summed E-state index contributed by atoms with van der Waals surface area (Å²) in [4.78, 5) is 16.0. The summed E-state index contributed by atoms with van der Waals surface area (Å²) in [5, 5.41) is 3.32. The summed E-state index contributed by atoms with van der Waals surface area (Å²) in [6.07, 6.45) is 1.81. The molecule has 2 aliphatic heterocycles. The lowest BCUT2D eigenvalue weighted by Gasteiger charge is -2.56. The van der Waals surface area contributed by atoms with Crippen LogP contribution in [0.4, 0.5) is 0 Å². The second-order valence-corrected chi connectivity index (χ2v) is 4.81. The number of pyridine rings is 1. The molecule has 0 amide bonds. The van der Waals surface area contributed by atoms with Gasteiger partial charge in [0.1, 0.15) is 0 Å². The van der Waals surface area contributed by atoms with Crippen LogP contribution >= 0.6 is 0 Å². The van der Waals surface area contributed by atoms with Gasteiger partial charge in [-0.15, -0.1) is 0 Å². The summed E-state index contributed by atoms with van der Waals surface area (Å²) >= 11 is 0. The average Bonchev–Trinajstić information content (AvgIpc) is 2.10. The number of likely N-dealkylation sites (tertiary alicyclic amines) is 1. The van der Waals surface area contributed by atoms with Crippen LogP contribution in [-0.4, -0.2) is 36.1 Å².